The van der Waals surface area contributed by atoms with Gasteiger partial charge in [-0.3, -0.25) is 14.8 Å². The van der Waals surface area contributed by atoms with Crippen LogP contribution in [0, 0.1) is 0 Å². The lowest BCUT2D eigenvalue weighted by atomic mass is 9.84. The van der Waals surface area contributed by atoms with Crippen molar-refractivity contribution in [3.63, 3.8) is 0 Å². The van der Waals surface area contributed by atoms with Gasteiger partial charge in [0.25, 0.3) is 11.8 Å². The molecular weight excluding hydrogens is 655 g/mol. The molecule has 0 aliphatic carbocycles. The van der Waals surface area contributed by atoms with E-state index in [9.17, 15) is 26.7 Å². The molecule has 11 nitrogen and oxygen atoms in total. The molecule has 0 radical (unpaired) electrons. The van der Waals surface area contributed by atoms with Crippen LogP contribution in [-0.2, 0) is 9.59 Å². The number of carbonyl (C=O) groups excluding carboxylic acids is 1. The second-order valence-electron chi connectivity index (χ2n) is 10.2. The van der Waals surface area contributed by atoms with Gasteiger partial charge < -0.3 is 14.2 Å². The summed E-state index contributed by atoms with van der Waals surface area (Å²) in [5.74, 6) is -4.33. The van der Waals surface area contributed by atoms with E-state index in [0.717, 1.165) is 0 Å². The number of carboxylic acid groups (broad SMARTS) is 1. The van der Waals surface area contributed by atoms with E-state index in [1.807, 2.05) is 12.1 Å². The number of pyridine rings is 2. The highest BCUT2D eigenvalue weighted by molar-refractivity contribution is 5.92. The number of Topliss-reactive ketones (excluding diaryl/α,β-unsaturated/α-hetero) is 1. The summed E-state index contributed by atoms with van der Waals surface area (Å²) in [5.41, 5.74) is 3.42. The number of halogens is 5. The molecule has 0 amide bonds. The van der Waals surface area contributed by atoms with Crippen molar-refractivity contribution >= 4 is 11.8 Å². The Morgan fingerprint density at radius 3 is 1.35 bits per heavy atom. The number of rotatable bonds is 10. The maximum Gasteiger partial charge on any atom is 0.490 e. The molecular formula is C33H23F5N6O5. The summed E-state index contributed by atoms with van der Waals surface area (Å²) in [5, 5.41) is 15.1. The van der Waals surface area contributed by atoms with E-state index in [-0.39, 0.29) is 11.8 Å². The predicted octanol–water partition coefficient (Wildman–Crippen LogP) is 6.92. The molecule has 4 heterocycles. The van der Waals surface area contributed by atoms with E-state index in [1.165, 1.54) is 0 Å². The Morgan fingerprint density at radius 1 is 0.653 bits per heavy atom. The summed E-state index contributed by atoms with van der Waals surface area (Å²) in [6, 6.07) is 20.2. The number of carboxylic acids is 1. The molecule has 6 rings (SSSR count). The average molecular weight is 679 g/mol. The third kappa shape index (κ3) is 8.22. The molecule has 0 fully saturated rings. The molecule has 4 aromatic heterocycles. The van der Waals surface area contributed by atoms with Gasteiger partial charge in [-0.2, -0.15) is 23.1 Å². The van der Waals surface area contributed by atoms with Crippen molar-refractivity contribution in [3.8, 4) is 45.7 Å². The SMILES string of the molecule is O=C(C(CF)c1ccc(-c2nc(-c3cccnc3)no2)cc1)C(CF)c1ccc(-c2nc(-c3cccnc3)no2)cc1.O=C(O)C(F)(F)F. The monoisotopic (exact) mass is 678 g/mol. The third-order valence-corrected chi connectivity index (χ3v) is 7.05. The summed E-state index contributed by atoms with van der Waals surface area (Å²) < 4.78 is 70.9. The number of hydrogen-bond acceptors (Lipinski definition) is 10. The Hall–Kier alpha value is -6.19. The second-order valence-corrected chi connectivity index (χ2v) is 10.2. The summed E-state index contributed by atoms with van der Waals surface area (Å²) in [7, 11) is 0. The van der Waals surface area contributed by atoms with Crippen molar-refractivity contribution < 1.29 is 45.7 Å². The molecule has 0 aliphatic rings. The lowest BCUT2D eigenvalue weighted by molar-refractivity contribution is -0.192. The van der Waals surface area contributed by atoms with Gasteiger partial charge in [0.2, 0.25) is 11.6 Å². The van der Waals surface area contributed by atoms with Crippen molar-refractivity contribution in [2.45, 2.75) is 18.0 Å². The Bertz CT molecular complexity index is 1860. The van der Waals surface area contributed by atoms with Crippen LogP contribution in [0.1, 0.15) is 23.0 Å². The Balaban J connectivity index is 0.000000606. The molecule has 250 valence electrons. The number of benzene rings is 2. The number of hydrogen-bond donors (Lipinski definition) is 1. The molecule has 1 N–H and O–H groups in total. The Kier molecular flexibility index (Phi) is 10.6. The fourth-order valence-corrected chi connectivity index (χ4v) is 4.52. The Morgan fingerprint density at radius 2 is 1.04 bits per heavy atom. The molecule has 2 aromatic carbocycles. The minimum absolute atomic E-state index is 0.263. The minimum Gasteiger partial charge on any atom is -0.475 e. The van der Waals surface area contributed by atoms with Crippen LogP contribution in [0.15, 0.2) is 107 Å². The van der Waals surface area contributed by atoms with Crippen LogP contribution >= 0.6 is 0 Å². The molecule has 6 aromatic rings. The number of aromatic nitrogens is 6. The van der Waals surface area contributed by atoms with Gasteiger partial charge in [0.15, 0.2) is 5.78 Å². The molecule has 2 atom stereocenters. The molecule has 0 saturated carbocycles. The van der Waals surface area contributed by atoms with Crippen molar-refractivity contribution in [2.75, 3.05) is 13.3 Å². The van der Waals surface area contributed by atoms with Gasteiger partial charge in [-0.15, -0.1) is 0 Å². The molecule has 0 spiro atoms. The fraction of sp³-hybridized carbons (Fsp3) is 0.152. The van der Waals surface area contributed by atoms with Crippen molar-refractivity contribution in [1.29, 1.82) is 0 Å². The largest absolute Gasteiger partial charge is 0.490 e. The number of carbonyl (C=O) groups is 2. The van der Waals surface area contributed by atoms with Gasteiger partial charge in [0, 0.05) is 47.0 Å². The number of nitrogens with zero attached hydrogens (tertiary/aromatic N) is 6. The zero-order valence-corrected chi connectivity index (χ0v) is 25.0. The first-order valence-corrected chi connectivity index (χ1v) is 14.2. The maximum absolute atomic E-state index is 14.2. The lowest BCUT2D eigenvalue weighted by Gasteiger charge is -2.19. The maximum atomic E-state index is 14.2. The molecule has 0 saturated heterocycles. The van der Waals surface area contributed by atoms with Crippen LogP contribution in [0.25, 0.3) is 45.7 Å². The van der Waals surface area contributed by atoms with Crippen LogP contribution in [0.3, 0.4) is 0 Å². The second kappa shape index (κ2) is 15.1. The van der Waals surface area contributed by atoms with Crippen molar-refractivity contribution in [3.05, 3.63) is 109 Å². The van der Waals surface area contributed by atoms with Crippen LogP contribution in [0.2, 0.25) is 0 Å². The van der Waals surface area contributed by atoms with Crippen LogP contribution in [0.4, 0.5) is 22.0 Å². The van der Waals surface area contributed by atoms with E-state index in [0.29, 0.717) is 45.0 Å². The standard InChI is InChI=1S/C31H22F2N6O3.C2HF3O2/c32-15-25(19-5-9-21(10-6-19)30-36-28(38-41-30)23-3-1-13-34-17-23)27(40)26(16-33)20-7-11-22(12-8-20)31-37-29(39-42-31)24-4-2-14-35-18-24;3-2(4,5)1(6)7/h1-14,17-18,25-26H,15-16H2;(H,6,7). The highest BCUT2D eigenvalue weighted by Gasteiger charge is 2.38. The van der Waals surface area contributed by atoms with E-state index in [4.69, 9.17) is 18.9 Å². The number of aliphatic carboxylic acids is 1. The number of ketones is 1. The topological polar surface area (TPSA) is 158 Å². The molecule has 0 aliphatic heterocycles. The zero-order valence-electron chi connectivity index (χ0n) is 25.0. The van der Waals surface area contributed by atoms with E-state index in [1.54, 1.807) is 85.5 Å². The van der Waals surface area contributed by atoms with Gasteiger partial charge >= 0.3 is 12.1 Å². The first-order chi connectivity index (χ1) is 23.6. The molecule has 2 unspecified atom stereocenters. The zero-order chi connectivity index (χ0) is 35.0. The third-order valence-electron chi connectivity index (χ3n) is 7.05. The molecule has 0 bridgehead atoms. The van der Waals surface area contributed by atoms with Crippen molar-refractivity contribution in [1.82, 2.24) is 30.2 Å². The predicted molar refractivity (Wildman–Crippen MR) is 162 cm³/mol. The summed E-state index contributed by atoms with van der Waals surface area (Å²) in [6.45, 7) is -1.95. The van der Waals surface area contributed by atoms with E-state index < -0.39 is 43.1 Å². The van der Waals surface area contributed by atoms with Gasteiger partial charge in [-0.25, -0.2) is 13.6 Å². The van der Waals surface area contributed by atoms with Crippen molar-refractivity contribution in [2.24, 2.45) is 0 Å². The van der Waals surface area contributed by atoms with Crippen LogP contribution < -0.4 is 0 Å². The summed E-state index contributed by atoms with van der Waals surface area (Å²) in [4.78, 5) is 39.1. The molecule has 49 heavy (non-hydrogen) atoms. The summed E-state index contributed by atoms with van der Waals surface area (Å²) in [6.07, 6.45) is 1.44. The normalized spacial score (nSPS) is 12.4. The average Bonchev–Trinajstić information content (AvgIpc) is 3.82. The first-order valence-electron chi connectivity index (χ1n) is 14.2. The van der Waals surface area contributed by atoms with Crippen LogP contribution in [-0.4, -0.2) is 66.6 Å². The van der Waals surface area contributed by atoms with Gasteiger partial charge in [-0.1, -0.05) is 34.6 Å². The highest BCUT2D eigenvalue weighted by atomic mass is 19.4. The Labute approximate surface area is 273 Å². The van der Waals surface area contributed by atoms with E-state index >= 15 is 0 Å². The fourth-order valence-electron chi connectivity index (χ4n) is 4.52. The molecule has 16 heteroatoms. The van der Waals surface area contributed by atoms with E-state index in [2.05, 4.69) is 30.2 Å². The summed E-state index contributed by atoms with van der Waals surface area (Å²) >= 11 is 0. The van der Waals surface area contributed by atoms with Gasteiger partial charge in [-0.05, 0) is 59.7 Å². The number of alkyl halides is 5. The first kappa shape index (κ1) is 34.2. The quantitative estimate of drug-likeness (QED) is 0.150. The highest BCUT2D eigenvalue weighted by Crippen LogP contribution is 2.31. The van der Waals surface area contributed by atoms with Crippen LogP contribution in [0.5, 0.6) is 0 Å². The van der Waals surface area contributed by atoms with Gasteiger partial charge in [0.05, 0.1) is 11.8 Å². The smallest absolute Gasteiger partial charge is 0.475 e. The van der Waals surface area contributed by atoms with Gasteiger partial charge in [0.1, 0.15) is 13.3 Å². The lowest BCUT2D eigenvalue weighted by Crippen LogP contribution is -2.23. The minimum atomic E-state index is -5.08.